The summed E-state index contributed by atoms with van der Waals surface area (Å²) in [4.78, 5) is 24.4. The number of hydrogen-bond donors (Lipinski definition) is 3. The summed E-state index contributed by atoms with van der Waals surface area (Å²) < 4.78 is 0. The van der Waals surface area contributed by atoms with E-state index in [9.17, 15) is 4.79 Å². The molecule has 0 unspecified atom stereocenters. The van der Waals surface area contributed by atoms with Crippen molar-refractivity contribution in [2.75, 3.05) is 46.3 Å². The maximum atomic E-state index is 12.0. The van der Waals surface area contributed by atoms with Crippen LogP contribution in [0.2, 0.25) is 0 Å². The lowest BCUT2D eigenvalue weighted by Gasteiger charge is -2.36. The SMILES string of the molecule is CCc1cccc2c(CCNC(=NC)N3CCN(CC(=O)NC(C)C)CC3)c[nH]c12.I. The number of rotatable bonds is 7. The van der Waals surface area contributed by atoms with Crippen LogP contribution in [0.3, 0.4) is 0 Å². The fourth-order valence-corrected chi connectivity index (χ4v) is 4.11. The van der Waals surface area contributed by atoms with Crippen LogP contribution in [-0.2, 0) is 17.6 Å². The Morgan fingerprint density at radius 1 is 1.19 bits per heavy atom. The first-order chi connectivity index (χ1) is 14.5. The highest BCUT2D eigenvalue weighted by Gasteiger charge is 2.21. The van der Waals surface area contributed by atoms with Crippen LogP contribution in [0, 0.1) is 0 Å². The van der Waals surface area contributed by atoms with Gasteiger partial charge in [0.15, 0.2) is 5.96 Å². The first-order valence-electron chi connectivity index (χ1n) is 11.1. The molecule has 7 nitrogen and oxygen atoms in total. The summed E-state index contributed by atoms with van der Waals surface area (Å²) in [7, 11) is 1.84. The molecule has 1 fully saturated rings. The first kappa shape index (κ1) is 25.5. The van der Waals surface area contributed by atoms with Crippen LogP contribution in [0.15, 0.2) is 29.4 Å². The van der Waals surface area contributed by atoms with Gasteiger partial charge in [-0.05, 0) is 37.8 Å². The maximum absolute atomic E-state index is 12.0. The van der Waals surface area contributed by atoms with Crippen LogP contribution in [0.1, 0.15) is 31.9 Å². The van der Waals surface area contributed by atoms with Gasteiger partial charge in [-0.1, -0.05) is 25.1 Å². The van der Waals surface area contributed by atoms with Crippen molar-refractivity contribution in [3.63, 3.8) is 0 Å². The molecular weight excluding hydrogens is 503 g/mol. The second-order valence-electron chi connectivity index (χ2n) is 8.22. The van der Waals surface area contributed by atoms with Crippen molar-refractivity contribution in [3.05, 3.63) is 35.5 Å². The number of hydrogen-bond acceptors (Lipinski definition) is 3. The Hall–Kier alpha value is -1.81. The van der Waals surface area contributed by atoms with Gasteiger partial charge < -0.3 is 20.5 Å². The number of aromatic amines is 1. The molecule has 0 radical (unpaired) electrons. The minimum absolute atomic E-state index is 0. The summed E-state index contributed by atoms with van der Waals surface area (Å²) in [5.41, 5.74) is 3.96. The number of halogens is 1. The molecule has 8 heteroatoms. The number of aliphatic imine (C=N–C) groups is 1. The number of aromatic nitrogens is 1. The maximum Gasteiger partial charge on any atom is 0.234 e. The fraction of sp³-hybridized carbons (Fsp3) is 0.565. The van der Waals surface area contributed by atoms with E-state index in [1.165, 1.54) is 22.0 Å². The lowest BCUT2D eigenvalue weighted by atomic mass is 10.1. The Morgan fingerprint density at radius 2 is 1.94 bits per heavy atom. The fourth-order valence-electron chi connectivity index (χ4n) is 4.11. The van der Waals surface area contributed by atoms with Gasteiger partial charge in [-0.3, -0.25) is 14.7 Å². The summed E-state index contributed by atoms with van der Waals surface area (Å²) in [6.07, 6.45) is 4.12. The lowest BCUT2D eigenvalue weighted by Crippen LogP contribution is -2.54. The van der Waals surface area contributed by atoms with E-state index in [1.807, 2.05) is 20.9 Å². The minimum Gasteiger partial charge on any atom is -0.361 e. The largest absolute Gasteiger partial charge is 0.361 e. The molecular formula is C23H37IN6O. The molecule has 1 amide bonds. The molecule has 0 atom stereocenters. The molecule has 0 saturated carbocycles. The highest BCUT2D eigenvalue weighted by Crippen LogP contribution is 2.22. The van der Waals surface area contributed by atoms with Crippen LogP contribution in [-0.4, -0.2) is 79.0 Å². The van der Waals surface area contributed by atoms with Gasteiger partial charge >= 0.3 is 0 Å². The smallest absolute Gasteiger partial charge is 0.234 e. The Bertz CT molecular complexity index is 870. The Morgan fingerprint density at radius 3 is 2.58 bits per heavy atom. The van der Waals surface area contributed by atoms with Crippen molar-refractivity contribution >= 4 is 46.7 Å². The third kappa shape index (κ3) is 6.83. The Kier molecular flexibility index (Phi) is 10.1. The molecule has 2 aromatic rings. The van der Waals surface area contributed by atoms with Gasteiger partial charge in [0.25, 0.3) is 0 Å². The standard InChI is InChI=1S/C23H36N6O.HI/c1-5-18-7-6-8-20-19(15-26-22(18)20)9-10-25-23(24-4)29-13-11-28(12-14-29)16-21(30)27-17(2)3;/h6-8,15,17,26H,5,9-14,16H2,1-4H3,(H,24,25)(H,27,30);1H. The second-order valence-corrected chi connectivity index (χ2v) is 8.22. The van der Waals surface area contributed by atoms with Gasteiger partial charge in [-0.2, -0.15) is 0 Å². The summed E-state index contributed by atoms with van der Waals surface area (Å²) in [5.74, 6) is 1.04. The number of fused-ring (bicyclic) bond motifs is 1. The van der Waals surface area contributed by atoms with Gasteiger partial charge in [-0.15, -0.1) is 24.0 Å². The van der Waals surface area contributed by atoms with Crippen LogP contribution < -0.4 is 10.6 Å². The number of piperazine rings is 1. The van der Waals surface area contributed by atoms with Crippen LogP contribution >= 0.6 is 24.0 Å². The molecule has 3 rings (SSSR count). The highest BCUT2D eigenvalue weighted by atomic mass is 127. The lowest BCUT2D eigenvalue weighted by molar-refractivity contribution is -0.123. The number of aryl methyl sites for hydroxylation is 1. The van der Waals surface area contributed by atoms with Crippen molar-refractivity contribution < 1.29 is 4.79 Å². The zero-order chi connectivity index (χ0) is 21.5. The number of guanidine groups is 1. The number of para-hydroxylation sites is 1. The Labute approximate surface area is 203 Å². The van der Waals surface area contributed by atoms with E-state index < -0.39 is 0 Å². The van der Waals surface area contributed by atoms with Crippen LogP contribution in [0.5, 0.6) is 0 Å². The predicted molar refractivity (Wildman–Crippen MR) is 139 cm³/mol. The van der Waals surface area contributed by atoms with Gasteiger partial charge in [0.05, 0.1) is 6.54 Å². The summed E-state index contributed by atoms with van der Waals surface area (Å²) in [6, 6.07) is 6.72. The third-order valence-corrected chi connectivity index (χ3v) is 5.65. The zero-order valence-electron chi connectivity index (χ0n) is 19.2. The van der Waals surface area contributed by atoms with Crippen molar-refractivity contribution in [2.45, 2.75) is 39.7 Å². The molecule has 0 aliphatic carbocycles. The molecule has 0 bridgehead atoms. The molecule has 3 N–H and O–H groups in total. The molecule has 1 saturated heterocycles. The van der Waals surface area contributed by atoms with Crippen molar-refractivity contribution in [1.29, 1.82) is 0 Å². The van der Waals surface area contributed by atoms with Crippen molar-refractivity contribution in [2.24, 2.45) is 4.99 Å². The Balaban J connectivity index is 0.00000341. The number of amides is 1. The number of H-pyrrole nitrogens is 1. The summed E-state index contributed by atoms with van der Waals surface area (Å²) in [5, 5.41) is 7.80. The second kappa shape index (κ2) is 12.3. The number of carbonyl (C=O) groups is 1. The van der Waals surface area contributed by atoms with E-state index in [-0.39, 0.29) is 35.9 Å². The number of carbonyl (C=O) groups excluding carboxylic acids is 1. The first-order valence-corrected chi connectivity index (χ1v) is 11.1. The van der Waals surface area contributed by atoms with Gasteiger partial charge in [0.1, 0.15) is 0 Å². The van der Waals surface area contributed by atoms with E-state index in [1.54, 1.807) is 0 Å². The van der Waals surface area contributed by atoms with E-state index in [0.717, 1.165) is 51.5 Å². The van der Waals surface area contributed by atoms with E-state index in [2.05, 4.69) is 61.7 Å². The molecule has 1 aromatic heterocycles. The molecule has 1 aromatic carbocycles. The zero-order valence-corrected chi connectivity index (χ0v) is 21.5. The predicted octanol–water partition coefficient (Wildman–Crippen LogP) is 2.61. The molecule has 0 spiro atoms. The van der Waals surface area contributed by atoms with Gasteiger partial charge in [0.2, 0.25) is 5.91 Å². The summed E-state index contributed by atoms with van der Waals surface area (Å²) >= 11 is 0. The molecule has 2 heterocycles. The van der Waals surface area contributed by atoms with Crippen molar-refractivity contribution in [3.8, 4) is 0 Å². The average Bonchev–Trinajstić information content (AvgIpc) is 3.14. The molecule has 172 valence electrons. The highest BCUT2D eigenvalue weighted by molar-refractivity contribution is 14.0. The van der Waals surface area contributed by atoms with E-state index >= 15 is 0 Å². The molecule has 1 aliphatic heterocycles. The minimum atomic E-state index is 0. The number of nitrogens with one attached hydrogen (secondary N) is 3. The number of benzene rings is 1. The summed E-state index contributed by atoms with van der Waals surface area (Å²) in [6.45, 7) is 11.0. The van der Waals surface area contributed by atoms with E-state index in [0.29, 0.717) is 6.54 Å². The van der Waals surface area contributed by atoms with Crippen LogP contribution in [0.25, 0.3) is 10.9 Å². The monoisotopic (exact) mass is 540 g/mol. The van der Waals surface area contributed by atoms with E-state index in [4.69, 9.17) is 0 Å². The van der Waals surface area contributed by atoms with Gasteiger partial charge in [-0.25, -0.2) is 0 Å². The topological polar surface area (TPSA) is 75.8 Å². The normalized spacial score (nSPS) is 15.3. The van der Waals surface area contributed by atoms with Crippen LogP contribution in [0.4, 0.5) is 0 Å². The average molecular weight is 540 g/mol. The quantitative estimate of drug-likeness (QED) is 0.287. The number of nitrogens with zero attached hydrogens (tertiary/aromatic N) is 3. The molecule has 31 heavy (non-hydrogen) atoms. The van der Waals surface area contributed by atoms with Gasteiger partial charge in [0, 0.05) is 62.9 Å². The molecule has 1 aliphatic rings. The third-order valence-electron chi connectivity index (χ3n) is 5.65. The van der Waals surface area contributed by atoms with Crippen molar-refractivity contribution in [1.82, 2.24) is 25.4 Å².